The SMILES string of the molecule is Cc1onc(-c2ccccc2)c1CN(C)Cc1cc(Cl)c(OCc2cccc(-c3cccc(OCCCN4CCCC4)c3C)c2C)cc1OCc1cncc(C#N)c1. The van der Waals surface area contributed by atoms with Crippen LogP contribution in [0.3, 0.4) is 0 Å². The third-order valence-corrected chi connectivity index (χ3v) is 11.1. The third-order valence-electron chi connectivity index (χ3n) is 10.8. The van der Waals surface area contributed by atoms with E-state index in [0.29, 0.717) is 48.4 Å². The van der Waals surface area contributed by atoms with Gasteiger partial charge in [-0.15, -0.1) is 0 Å². The molecule has 298 valence electrons. The number of pyridine rings is 1. The highest BCUT2D eigenvalue weighted by atomic mass is 35.5. The minimum Gasteiger partial charge on any atom is -0.493 e. The number of nitriles is 1. The van der Waals surface area contributed by atoms with Crippen LogP contribution in [0.4, 0.5) is 0 Å². The fraction of sp³-hybridized carbons (Fsp3) is 0.312. The highest BCUT2D eigenvalue weighted by Crippen LogP contribution is 2.37. The summed E-state index contributed by atoms with van der Waals surface area (Å²) in [5.74, 6) is 2.83. The maximum Gasteiger partial charge on any atom is 0.142 e. The highest BCUT2D eigenvalue weighted by Gasteiger charge is 2.20. The first-order chi connectivity index (χ1) is 28.3. The number of benzene rings is 4. The van der Waals surface area contributed by atoms with Crippen LogP contribution in [0.2, 0.25) is 5.02 Å². The number of likely N-dealkylation sites (tertiary alicyclic amines) is 1. The molecule has 0 radical (unpaired) electrons. The number of nitrogens with zero attached hydrogens (tertiary/aromatic N) is 5. The minimum atomic E-state index is 0.213. The Bertz CT molecular complexity index is 2370. The number of aromatic nitrogens is 2. The Balaban J connectivity index is 1.09. The monoisotopic (exact) mass is 795 g/mol. The first kappa shape index (κ1) is 40.5. The third kappa shape index (κ3) is 9.89. The standard InChI is InChI=1S/C48H50ClN5O4/c1-33-39(15-10-16-41(33)42-17-11-18-45(34(42)2)55-22-12-21-54-19-8-9-20-54)32-57-47-25-46(56-31-37-23-36(26-50)27-51-28-37)40(24-44(47)49)29-53(4)30-43-35(3)58-52-48(43)38-13-6-5-7-14-38/h5-7,10-11,13-18,23-25,27-28H,8-9,12,19-22,29-32H2,1-4H3. The lowest BCUT2D eigenvalue weighted by molar-refractivity contribution is 0.262. The molecule has 58 heavy (non-hydrogen) atoms. The maximum atomic E-state index is 9.44. The average molecular weight is 796 g/mol. The van der Waals surface area contributed by atoms with E-state index in [4.69, 9.17) is 30.3 Å². The van der Waals surface area contributed by atoms with Crippen LogP contribution >= 0.6 is 11.6 Å². The molecule has 0 spiro atoms. The zero-order chi connectivity index (χ0) is 40.4. The van der Waals surface area contributed by atoms with Crippen molar-refractivity contribution in [3.8, 4) is 45.7 Å². The summed E-state index contributed by atoms with van der Waals surface area (Å²) in [5, 5.41) is 14.3. The molecule has 0 amide bonds. The molecule has 9 nitrogen and oxygen atoms in total. The number of hydrogen-bond acceptors (Lipinski definition) is 9. The van der Waals surface area contributed by atoms with Crippen LogP contribution in [0.5, 0.6) is 17.2 Å². The summed E-state index contributed by atoms with van der Waals surface area (Å²) in [6.07, 6.45) is 6.87. The fourth-order valence-corrected chi connectivity index (χ4v) is 7.82. The van der Waals surface area contributed by atoms with E-state index in [1.54, 1.807) is 12.3 Å². The zero-order valence-electron chi connectivity index (χ0n) is 33.8. The van der Waals surface area contributed by atoms with Gasteiger partial charge in [0.1, 0.15) is 48.0 Å². The Morgan fingerprint density at radius 1 is 0.793 bits per heavy atom. The number of ether oxygens (including phenoxy) is 3. The van der Waals surface area contributed by atoms with Gasteiger partial charge in [-0.05, 0) is 106 Å². The van der Waals surface area contributed by atoms with Gasteiger partial charge >= 0.3 is 0 Å². The molecule has 10 heteroatoms. The molecule has 0 aliphatic carbocycles. The van der Waals surface area contributed by atoms with Gasteiger partial charge in [-0.25, -0.2) is 0 Å². The topological polar surface area (TPSA) is 96.9 Å². The number of rotatable bonds is 17. The Labute approximate surface area is 346 Å². The predicted octanol–water partition coefficient (Wildman–Crippen LogP) is 10.5. The normalized spacial score (nSPS) is 12.8. The van der Waals surface area contributed by atoms with Gasteiger partial charge in [-0.2, -0.15) is 5.26 Å². The van der Waals surface area contributed by atoms with Crippen LogP contribution in [-0.4, -0.2) is 53.2 Å². The van der Waals surface area contributed by atoms with E-state index in [1.165, 1.54) is 32.1 Å². The Morgan fingerprint density at radius 3 is 2.34 bits per heavy atom. The number of hydrogen-bond donors (Lipinski definition) is 0. The molecule has 0 bridgehead atoms. The summed E-state index contributed by atoms with van der Waals surface area (Å²) >= 11 is 6.99. The smallest absolute Gasteiger partial charge is 0.142 e. The molecule has 6 aromatic rings. The molecule has 3 heterocycles. The summed E-state index contributed by atoms with van der Waals surface area (Å²) in [5.41, 5.74) is 10.6. The van der Waals surface area contributed by atoms with Gasteiger partial charge in [-0.1, -0.05) is 77.4 Å². The highest BCUT2D eigenvalue weighted by molar-refractivity contribution is 6.32. The first-order valence-electron chi connectivity index (χ1n) is 19.9. The maximum absolute atomic E-state index is 9.44. The lowest BCUT2D eigenvalue weighted by Crippen LogP contribution is -2.22. The second kappa shape index (κ2) is 19.2. The van der Waals surface area contributed by atoms with Crippen LogP contribution in [0, 0.1) is 32.1 Å². The van der Waals surface area contributed by atoms with E-state index in [2.05, 4.69) is 76.3 Å². The first-order valence-corrected chi connectivity index (χ1v) is 20.3. The summed E-state index contributed by atoms with van der Waals surface area (Å²) in [7, 11) is 2.04. The summed E-state index contributed by atoms with van der Waals surface area (Å²) in [6.45, 7) is 12.0. The summed E-state index contributed by atoms with van der Waals surface area (Å²) < 4.78 is 24.9. The van der Waals surface area contributed by atoms with Crippen molar-refractivity contribution < 1.29 is 18.7 Å². The molecule has 1 fully saturated rings. The van der Waals surface area contributed by atoms with Crippen molar-refractivity contribution in [1.29, 1.82) is 5.26 Å². The van der Waals surface area contributed by atoms with Crippen molar-refractivity contribution in [2.45, 2.75) is 66.3 Å². The van der Waals surface area contributed by atoms with Crippen molar-refractivity contribution in [3.05, 3.63) is 147 Å². The molecule has 1 aliphatic rings. The quantitative estimate of drug-likeness (QED) is 0.0836. The van der Waals surface area contributed by atoms with E-state index in [9.17, 15) is 5.26 Å². The van der Waals surface area contributed by atoms with E-state index in [0.717, 1.165) is 80.2 Å². The van der Waals surface area contributed by atoms with Crippen LogP contribution < -0.4 is 14.2 Å². The van der Waals surface area contributed by atoms with Crippen molar-refractivity contribution >= 4 is 11.6 Å². The van der Waals surface area contributed by atoms with Gasteiger partial charge in [0.05, 0.1) is 17.2 Å². The van der Waals surface area contributed by atoms with Gasteiger partial charge < -0.3 is 23.6 Å². The average Bonchev–Trinajstić information content (AvgIpc) is 3.89. The molecular formula is C48H50ClN5O4. The Kier molecular flexibility index (Phi) is 13.4. The van der Waals surface area contributed by atoms with E-state index in [1.807, 2.05) is 56.4 Å². The van der Waals surface area contributed by atoms with Crippen molar-refractivity contribution in [2.24, 2.45) is 0 Å². The van der Waals surface area contributed by atoms with Gasteiger partial charge in [0, 0.05) is 60.3 Å². The molecule has 4 aromatic carbocycles. The molecule has 0 saturated carbocycles. The number of aryl methyl sites for hydroxylation is 1. The largest absolute Gasteiger partial charge is 0.493 e. The lowest BCUT2D eigenvalue weighted by atomic mass is 9.93. The Hall–Kier alpha value is -5.66. The van der Waals surface area contributed by atoms with Crippen molar-refractivity contribution in [2.75, 3.05) is 33.3 Å². The molecule has 1 aliphatic heterocycles. The zero-order valence-corrected chi connectivity index (χ0v) is 34.5. The second-order valence-corrected chi connectivity index (χ2v) is 15.4. The molecule has 0 N–H and O–H groups in total. The van der Waals surface area contributed by atoms with Gasteiger partial charge in [0.25, 0.3) is 0 Å². The molecule has 1 saturated heterocycles. The summed E-state index contributed by atoms with van der Waals surface area (Å²) in [4.78, 5) is 8.91. The van der Waals surface area contributed by atoms with E-state index >= 15 is 0 Å². The van der Waals surface area contributed by atoms with Crippen molar-refractivity contribution in [3.63, 3.8) is 0 Å². The van der Waals surface area contributed by atoms with Crippen LogP contribution in [0.15, 0.2) is 102 Å². The van der Waals surface area contributed by atoms with Crippen LogP contribution in [0.25, 0.3) is 22.4 Å². The van der Waals surface area contributed by atoms with Gasteiger partial charge in [0.2, 0.25) is 0 Å². The van der Waals surface area contributed by atoms with Crippen molar-refractivity contribution in [1.82, 2.24) is 19.9 Å². The number of halogens is 1. The summed E-state index contributed by atoms with van der Waals surface area (Å²) in [6, 6.07) is 30.4. The van der Waals surface area contributed by atoms with Crippen LogP contribution in [-0.2, 0) is 26.3 Å². The van der Waals surface area contributed by atoms with Crippen LogP contribution in [0.1, 0.15) is 64.0 Å². The molecule has 2 aromatic heterocycles. The minimum absolute atomic E-state index is 0.213. The van der Waals surface area contributed by atoms with E-state index in [-0.39, 0.29) is 6.61 Å². The molecule has 0 unspecified atom stereocenters. The van der Waals surface area contributed by atoms with Gasteiger partial charge in [-0.3, -0.25) is 9.88 Å². The molecule has 7 rings (SSSR count). The lowest BCUT2D eigenvalue weighted by Gasteiger charge is -2.21. The van der Waals surface area contributed by atoms with E-state index < -0.39 is 0 Å². The Morgan fingerprint density at radius 2 is 1.55 bits per heavy atom. The van der Waals surface area contributed by atoms with Gasteiger partial charge in [0.15, 0.2) is 0 Å². The molecular weight excluding hydrogens is 746 g/mol. The fourth-order valence-electron chi connectivity index (χ4n) is 7.58. The predicted molar refractivity (Wildman–Crippen MR) is 228 cm³/mol. The second-order valence-electron chi connectivity index (χ2n) is 15.0. The molecule has 0 atom stereocenters.